The Morgan fingerprint density at radius 3 is 2.80 bits per heavy atom. The Morgan fingerprint density at radius 1 is 1.26 bits per heavy atom. The molecule has 1 fully saturated rings. The van der Waals surface area contributed by atoms with Gasteiger partial charge in [0.2, 0.25) is 12.7 Å². The van der Waals surface area contributed by atoms with Gasteiger partial charge in [-0.15, -0.1) is 6.42 Å². The van der Waals surface area contributed by atoms with E-state index in [1.54, 1.807) is 13.0 Å². The number of ether oxygens (including phenoxy) is 2. The Bertz CT molecular complexity index is 1330. The average molecular weight is 479 g/mol. The molecule has 0 spiro atoms. The third kappa shape index (κ3) is 4.58. The number of halogens is 1. The predicted octanol–water partition coefficient (Wildman–Crippen LogP) is 2.89. The maximum atomic E-state index is 14.0. The predicted molar refractivity (Wildman–Crippen MR) is 127 cm³/mol. The van der Waals surface area contributed by atoms with Crippen LogP contribution in [0.15, 0.2) is 12.1 Å². The number of carbonyl (C=O) groups excluding carboxylic acids is 1. The molecule has 0 radical (unpaired) electrons. The van der Waals surface area contributed by atoms with Gasteiger partial charge >= 0.3 is 6.08 Å². The molecule has 2 N–H and O–H groups in total. The van der Waals surface area contributed by atoms with E-state index in [1.807, 2.05) is 15.5 Å². The molecule has 5 rings (SSSR count). The van der Waals surface area contributed by atoms with Crippen LogP contribution in [-0.4, -0.2) is 50.2 Å². The third-order valence-corrected chi connectivity index (χ3v) is 6.75. The van der Waals surface area contributed by atoms with E-state index in [9.17, 15) is 9.18 Å². The zero-order valence-corrected chi connectivity index (χ0v) is 19.6. The van der Waals surface area contributed by atoms with Gasteiger partial charge in [0.25, 0.3) is 0 Å². The van der Waals surface area contributed by atoms with Crippen molar-refractivity contribution in [2.75, 3.05) is 25.6 Å². The monoisotopic (exact) mass is 478 g/mol. The van der Waals surface area contributed by atoms with Gasteiger partial charge in [-0.3, -0.25) is 4.79 Å². The first-order valence-corrected chi connectivity index (χ1v) is 11.8. The number of aryl methyl sites for hydroxylation is 1. The van der Waals surface area contributed by atoms with Gasteiger partial charge in [0, 0.05) is 44.6 Å². The number of imidazole rings is 1. The molecular weight excluding hydrogens is 451 g/mol. The highest BCUT2D eigenvalue weighted by Crippen LogP contribution is 2.35. The molecule has 1 unspecified atom stereocenters. The standard InChI is InChI=1S/C25H27FN6O3/c1-3-17-10-19-20(35-14-34-19)11-18(17)12-21-28-22-23(27)29-25(26)30-24(22)32(21)8-5-4-6-16-7-9-31(13-16)15(2)33/h1,10-11,16H,4-9,12-14H2,2H3,(H2,27,29,30). The zero-order chi connectivity index (χ0) is 24.5. The molecule has 1 atom stereocenters. The quantitative estimate of drug-likeness (QED) is 0.316. The van der Waals surface area contributed by atoms with Crippen LogP contribution in [-0.2, 0) is 17.8 Å². The van der Waals surface area contributed by atoms with Crippen LogP contribution in [0.4, 0.5) is 10.2 Å². The van der Waals surface area contributed by atoms with E-state index in [0.29, 0.717) is 52.9 Å². The van der Waals surface area contributed by atoms with E-state index in [4.69, 9.17) is 21.6 Å². The smallest absolute Gasteiger partial charge is 0.312 e. The maximum Gasteiger partial charge on any atom is 0.312 e. The fourth-order valence-electron chi connectivity index (χ4n) is 4.90. The number of fused-ring (bicyclic) bond motifs is 2. The summed E-state index contributed by atoms with van der Waals surface area (Å²) in [6.45, 7) is 4.02. The van der Waals surface area contributed by atoms with E-state index in [2.05, 4.69) is 20.9 Å². The molecule has 1 aromatic carbocycles. The first-order valence-electron chi connectivity index (χ1n) is 11.8. The number of hydrogen-bond acceptors (Lipinski definition) is 7. The number of nitrogen functional groups attached to an aromatic ring is 1. The highest BCUT2D eigenvalue weighted by atomic mass is 19.1. The molecule has 182 valence electrons. The van der Waals surface area contributed by atoms with Crippen molar-refractivity contribution in [3.05, 3.63) is 35.2 Å². The van der Waals surface area contributed by atoms with Gasteiger partial charge in [-0.2, -0.15) is 14.4 Å². The van der Waals surface area contributed by atoms with Gasteiger partial charge in [-0.1, -0.05) is 12.3 Å². The largest absolute Gasteiger partial charge is 0.454 e. The van der Waals surface area contributed by atoms with Gasteiger partial charge in [-0.05, 0) is 36.8 Å². The molecule has 0 saturated carbocycles. The summed E-state index contributed by atoms with van der Waals surface area (Å²) in [5.41, 5.74) is 8.23. The number of rotatable bonds is 7. The molecule has 4 heterocycles. The number of unbranched alkanes of at least 4 members (excludes halogenated alkanes) is 1. The molecule has 35 heavy (non-hydrogen) atoms. The summed E-state index contributed by atoms with van der Waals surface area (Å²) in [4.78, 5) is 25.8. The highest BCUT2D eigenvalue weighted by Gasteiger charge is 2.24. The number of terminal acetylenes is 1. The lowest BCUT2D eigenvalue weighted by atomic mass is 10.0. The summed E-state index contributed by atoms with van der Waals surface area (Å²) in [6.07, 6.45) is 9.14. The van der Waals surface area contributed by atoms with Gasteiger partial charge in [-0.25, -0.2) is 4.98 Å². The van der Waals surface area contributed by atoms with E-state index in [1.165, 1.54) is 0 Å². The van der Waals surface area contributed by atoms with Crippen LogP contribution >= 0.6 is 0 Å². The molecule has 1 saturated heterocycles. The fraction of sp³-hybridized carbons (Fsp3) is 0.440. The van der Waals surface area contributed by atoms with E-state index in [-0.39, 0.29) is 18.5 Å². The van der Waals surface area contributed by atoms with Gasteiger partial charge in [0.1, 0.15) is 5.82 Å². The Morgan fingerprint density at radius 2 is 2.06 bits per heavy atom. The van der Waals surface area contributed by atoms with Crippen LogP contribution in [0, 0.1) is 24.3 Å². The lowest BCUT2D eigenvalue weighted by Crippen LogP contribution is -2.25. The van der Waals surface area contributed by atoms with E-state index in [0.717, 1.165) is 44.3 Å². The Hall–Kier alpha value is -3.87. The molecule has 0 aliphatic carbocycles. The van der Waals surface area contributed by atoms with Crippen LogP contribution in [0.3, 0.4) is 0 Å². The van der Waals surface area contributed by atoms with Gasteiger partial charge in [0.15, 0.2) is 28.5 Å². The Balaban J connectivity index is 1.37. The first-order chi connectivity index (χ1) is 16.9. The summed E-state index contributed by atoms with van der Waals surface area (Å²) >= 11 is 0. The van der Waals surface area contributed by atoms with Crippen molar-refractivity contribution in [2.24, 2.45) is 5.92 Å². The number of nitrogens with zero attached hydrogens (tertiary/aromatic N) is 5. The van der Waals surface area contributed by atoms with Crippen molar-refractivity contribution in [2.45, 2.75) is 45.6 Å². The fourth-order valence-corrected chi connectivity index (χ4v) is 4.90. The molecular formula is C25H27FN6O3. The van der Waals surface area contributed by atoms with Gasteiger partial charge < -0.3 is 24.7 Å². The third-order valence-electron chi connectivity index (χ3n) is 6.75. The highest BCUT2D eigenvalue weighted by molar-refractivity contribution is 5.82. The molecule has 0 bridgehead atoms. The van der Waals surface area contributed by atoms with Gasteiger partial charge in [0.05, 0.1) is 0 Å². The molecule has 9 nitrogen and oxygen atoms in total. The lowest BCUT2D eigenvalue weighted by Gasteiger charge is -2.14. The minimum atomic E-state index is -0.884. The summed E-state index contributed by atoms with van der Waals surface area (Å²) < 4.78 is 26.9. The first kappa shape index (κ1) is 22.9. The normalized spacial score (nSPS) is 16.7. The molecule has 1 amide bonds. The number of hydrogen-bond donors (Lipinski definition) is 1. The molecule has 2 aromatic heterocycles. The number of anilines is 1. The molecule has 3 aromatic rings. The minimum absolute atomic E-state index is 0.00522. The second-order valence-electron chi connectivity index (χ2n) is 9.03. The van der Waals surface area contributed by atoms with Crippen LogP contribution in [0.5, 0.6) is 11.5 Å². The van der Waals surface area contributed by atoms with Crippen molar-refractivity contribution in [3.8, 4) is 23.8 Å². The number of carbonyl (C=O) groups is 1. The van der Waals surface area contributed by atoms with Crippen molar-refractivity contribution in [1.29, 1.82) is 0 Å². The SMILES string of the molecule is C#Cc1cc2c(cc1Cc1nc3c(N)nc(F)nc3n1CCCCC1CCN(C(C)=O)C1)OCO2. The van der Waals surface area contributed by atoms with E-state index < -0.39 is 6.08 Å². The summed E-state index contributed by atoms with van der Waals surface area (Å²) in [7, 11) is 0. The maximum absolute atomic E-state index is 14.0. The van der Waals surface area contributed by atoms with Crippen LogP contribution in [0.2, 0.25) is 0 Å². The summed E-state index contributed by atoms with van der Waals surface area (Å²) in [5.74, 6) is 5.27. The number of aromatic nitrogens is 4. The molecule has 2 aliphatic rings. The van der Waals surface area contributed by atoms with Crippen molar-refractivity contribution >= 4 is 22.9 Å². The Kier molecular flexibility index (Phi) is 6.16. The van der Waals surface area contributed by atoms with E-state index >= 15 is 0 Å². The second-order valence-corrected chi connectivity index (χ2v) is 9.03. The van der Waals surface area contributed by atoms with Crippen LogP contribution < -0.4 is 15.2 Å². The van der Waals surface area contributed by atoms with Crippen LogP contribution in [0.25, 0.3) is 11.2 Å². The lowest BCUT2D eigenvalue weighted by molar-refractivity contribution is -0.127. The van der Waals surface area contributed by atoms with Crippen molar-refractivity contribution in [1.82, 2.24) is 24.4 Å². The summed E-state index contributed by atoms with van der Waals surface area (Å²) in [5, 5.41) is 0. The topological polar surface area (TPSA) is 108 Å². The minimum Gasteiger partial charge on any atom is -0.454 e. The van der Waals surface area contributed by atoms with Crippen molar-refractivity contribution in [3.63, 3.8) is 0 Å². The number of nitrogens with two attached hydrogens (primary N) is 1. The van der Waals surface area contributed by atoms with Crippen LogP contribution in [0.1, 0.15) is 49.6 Å². The number of benzene rings is 1. The second kappa shape index (κ2) is 9.41. The Labute approximate surface area is 202 Å². The summed E-state index contributed by atoms with van der Waals surface area (Å²) in [6, 6.07) is 3.64. The zero-order valence-electron chi connectivity index (χ0n) is 19.6. The molecule has 10 heteroatoms. The average Bonchev–Trinajstić information content (AvgIpc) is 3.55. The number of amides is 1. The van der Waals surface area contributed by atoms with Crippen molar-refractivity contribution < 1.29 is 18.7 Å². The number of likely N-dealkylation sites (tertiary alicyclic amines) is 1. The molecule has 2 aliphatic heterocycles.